The summed E-state index contributed by atoms with van der Waals surface area (Å²) in [7, 11) is -3.96. The van der Waals surface area contributed by atoms with Gasteiger partial charge in [0.25, 0.3) is 0 Å². The Morgan fingerprint density at radius 3 is 2.47 bits per heavy atom. The highest BCUT2D eigenvalue weighted by Crippen LogP contribution is 2.58. The number of ketones is 1. The summed E-state index contributed by atoms with van der Waals surface area (Å²) in [6.07, 6.45) is 7.08. The van der Waals surface area contributed by atoms with Crippen LogP contribution in [0.4, 0.5) is 0 Å². The van der Waals surface area contributed by atoms with Crippen molar-refractivity contribution < 1.29 is 41.8 Å². The molecule has 0 spiro atoms. The Hall–Kier alpha value is -4.07. The summed E-state index contributed by atoms with van der Waals surface area (Å²) in [6.45, 7) is 16.8. The first-order chi connectivity index (χ1) is 27.1. The molecule has 0 bridgehead atoms. The lowest BCUT2D eigenvalue weighted by molar-refractivity contribution is -0.160. The third-order valence-electron chi connectivity index (χ3n) is 12.4. The molecule has 0 radical (unpaired) electrons. The number of carbonyl (C=O) groups excluding carboxylic acids is 4. The number of sulfonamides is 1. The zero-order chi connectivity index (χ0) is 42.4. The van der Waals surface area contributed by atoms with E-state index in [-0.39, 0.29) is 67.2 Å². The molecule has 4 aliphatic rings. The van der Waals surface area contributed by atoms with E-state index >= 15 is 4.79 Å². The molecular formula is C44H62N4O9S. The van der Waals surface area contributed by atoms with Crippen LogP contribution in [0.2, 0.25) is 0 Å². The predicted molar refractivity (Wildman–Crippen MR) is 219 cm³/mol. The highest BCUT2D eigenvalue weighted by Gasteiger charge is 2.62. The molecule has 318 valence electrons. The zero-order valence-electron chi connectivity index (χ0n) is 35.6. The summed E-state index contributed by atoms with van der Waals surface area (Å²) in [5, 5.41) is 0. The summed E-state index contributed by atoms with van der Waals surface area (Å²) in [4.78, 5) is 68.4. The van der Waals surface area contributed by atoms with Crippen LogP contribution in [0.15, 0.2) is 30.4 Å². The number of Topliss-reactive ketones (excluding diaryl/α,β-unsaturated/α-hetero) is 1. The molecule has 0 unspecified atom stereocenters. The number of aromatic nitrogens is 2. The third-order valence-corrected chi connectivity index (χ3v) is 14.5. The molecule has 2 aliphatic heterocycles. The smallest absolute Gasteiger partial charge is 0.307 e. The van der Waals surface area contributed by atoms with Crippen LogP contribution < -0.4 is 14.2 Å². The van der Waals surface area contributed by atoms with Crippen LogP contribution in [0, 0.1) is 36.0 Å². The Morgan fingerprint density at radius 2 is 1.81 bits per heavy atom. The van der Waals surface area contributed by atoms with Crippen LogP contribution >= 0.6 is 0 Å². The number of carbonyl (C=O) groups is 4. The van der Waals surface area contributed by atoms with Crippen LogP contribution in [-0.4, -0.2) is 82.0 Å². The first-order valence-corrected chi connectivity index (χ1v) is 22.5. The van der Waals surface area contributed by atoms with E-state index in [1.165, 1.54) is 4.90 Å². The van der Waals surface area contributed by atoms with Gasteiger partial charge in [-0.3, -0.25) is 23.9 Å². The van der Waals surface area contributed by atoms with Crippen LogP contribution in [0.5, 0.6) is 11.6 Å². The van der Waals surface area contributed by atoms with Gasteiger partial charge in [-0.05, 0) is 117 Å². The molecular weight excluding hydrogens is 761 g/mol. The largest absolute Gasteiger partial charge is 0.491 e. The maximum Gasteiger partial charge on any atom is 0.307 e. The third kappa shape index (κ3) is 9.69. The van der Waals surface area contributed by atoms with Crippen LogP contribution in [-0.2, 0) is 33.9 Å². The Morgan fingerprint density at radius 1 is 1.09 bits per heavy atom. The number of esters is 1. The fourth-order valence-corrected chi connectivity index (χ4v) is 9.96. The highest BCUT2D eigenvalue weighted by molar-refractivity contribution is 7.91. The molecule has 1 aromatic carbocycles. The van der Waals surface area contributed by atoms with Crippen molar-refractivity contribution in [3.8, 4) is 11.6 Å². The predicted octanol–water partition coefficient (Wildman–Crippen LogP) is 6.79. The van der Waals surface area contributed by atoms with Gasteiger partial charge >= 0.3 is 5.97 Å². The first kappa shape index (κ1) is 43.5. The van der Waals surface area contributed by atoms with Gasteiger partial charge in [0.15, 0.2) is 5.78 Å². The number of rotatable bonds is 10. The monoisotopic (exact) mass is 822 g/mol. The van der Waals surface area contributed by atoms with Crippen LogP contribution in [0.1, 0.15) is 125 Å². The number of fused-ring (bicyclic) bond motifs is 3. The molecule has 6 rings (SSSR count). The average molecular weight is 823 g/mol. The quantitative estimate of drug-likeness (QED) is 0.198. The van der Waals surface area contributed by atoms with Gasteiger partial charge in [-0.15, -0.1) is 0 Å². The van der Waals surface area contributed by atoms with Crippen molar-refractivity contribution >= 4 is 44.6 Å². The molecule has 2 aromatic rings. The normalized spacial score (nSPS) is 29.4. The van der Waals surface area contributed by atoms with Crippen molar-refractivity contribution in [2.24, 2.45) is 29.1 Å². The molecule has 58 heavy (non-hydrogen) atoms. The second-order valence-electron chi connectivity index (χ2n) is 18.8. The first-order valence-electron chi connectivity index (χ1n) is 21.0. The minimum absolute atomic E-state index is 0.0387. The molecule has 1 N–H and O–H groups in total. The number of hydrogen-bond donors (Lipinski definition) is 1. The molecule has 13 nitrogen and oxygen atoms in total. The topological polar surface area (TPSA) is 171 Å². The Labute approximate surface area is 343 Å². The van der Waals surface area contributed by atoms with Gasteiger partial charge < -0.3 is 19.1 Å². The average Bonchev–Trinajstić information content (AvgIpc) is 4.00. The van der Waals surface area contributed by atoms with Crippen LogP contribution in [0.25, 0.3) is 11.0 Å². The van der Waals surface area contributed by atoms with Crippen LogP contribution in [0.3, 0.4) is 0 Å². The number of nitrogens with one attached hydrogen (secondary N) is 1. The second-order valence-corrected chi connectivity index (χ2v) is 21.0. The summed E-state index contributed by atoms with van der Waals surface area (Å²) in [5.74, 6) is -2.04. The Bertz CT molecular complexity index is 2060. The highest BCUT2D eigenvalue weighted by atomic mass is 32.2. The van der Waals surface area contributed by atoms with E-state index in [4.69, 9.17) is 24.2 Å². The molecule has 1 saturated heterocycles. The van der Waals surface area contributed by atoms with Crippen molar-refractivity contribution in [3.63, 3.8) is 0 Å². The molecule has 3 heterocycles. The number of aryl methyl sites for hydroxylation is 1. The zero-order valence-corrected chi connectivity index (χ0v) is 36.4. The number of ether oxygens (including phenoxy) is 3. The summed E-state index contributed by atoms with van der Waals surface area (Å²) in [6, 6.07) is 4.47. The lowest BCUT2D eigenvalue weighted by atomic mass is 9.79. The van der Waals surface area contributed by atoms with Gasteiger partial charge in [-0.2, -0.15) is 0 Å². The Kier molecular flexibility index (Phi) is 12.4. The lowest BCUT2D eigenvalue weighted by Crippen LogP contribution is -2.48. The number of benzene rings is 1. The van der Waals surface area contributed by atoms with E-state index in [9.17, 15) is 22.8 Å². The summed E-state index contributed by atoms with van der Waals surface area (Å²) in [5.41, 5.74) is -0.281. The van der Waals surface area contributed by atoms with Gasteiger partial charge in [-0.1, -0.05) is 32.4 Å². The van der Waals surface area contributed by atoms with Gasteiger partial charge in [0, 0.05) is 18.9 Å². The number of allylic oxidation sites excluding steroid dienone is 2. The fourth-order valence-electron chi connectivity index (χ4n) is 8.63. The van der Waals surface area contributed by atoms with Crippen molar-refractivity contribution in [1.29, 1.82) is 0 Å². The number of nitrogens with zero attached hydrogens (tertiary/aromatic N) is 3. The molecule has 2 aliphatic carbocycles. The minimum Gasteiger partial charge on any atom is -0.491 e. The second kappa shape index (κ2) is 16.5. The summed E-state index contributed by atoms with van der Waals surface area (Å²) < 4.78 is 46.0. The SMILES string of the molecule is CC[C@@H]1C[C@H](C)CC/C=C\[C@@H]2C[C@@]2(C(=O)NS(=O)(=O)C2(C)CC2)CC(=O)[C@@H]2C[C@@H](Oc3nc4cc(OC(C)C)ccc4nc3C)CN2C(=O)[C@H]1CC(=O)OC(C)(C)C. The van der Waals surface area contributed by atoms with E-state index in [0.717, 1.165) is 12.8 Å². The number of hydrogen-bond acceptors (Lipinski definition) is 11. The molecule has 3 fully saturated rings. The van der Waals surface area contributed by atoms with Crippen molar-refractivity contribution in [3.05, 3.63) is 36.0 Å². The standard InChI is InChI=1S/C44H62N4O9S/c1-10-29-19-27(4)13-11-12-14-30-23-44(30,41(52)47-58(53,54)43(9)17-18-43)24-37(49)36-21-32(25-48(36)40(51)33(29)22-38(50)57-42(6,7)8)56-39-28(5)45-34-16-15-31(55-26(2)3)20-35(34)46-39/h12,14-16,20,26-27,29-30,32-33,36H,10-11,13,17-19,21-25H2,1-9H3,(H,47,52)/b14-12-/t27-,29-,30-,32-,33+,36+,44-/m1/s1. The van der Waals surface area contributed by atoms with Gasteiger partial charge in [0.05, 0.1) is 52.2 Å². The van der Waals surface area contributed by atoms with Gasteiger partial charge in [0.1, 0.15) is 23.1 Å². The summed E-state index contributed by atoms with van der Waals surface area (Å²) >= 11 is 0. The van der Waals surface area contributed by atoms with Crippen molar-refractivity contribution in [1.82, 2.24) is 19.6 Å². The van der Waals surface area contributed by atoms with E-state index < -0.39 is 55.7 Å². The van der Waals surface area contributed by atoms with Gasteiger partial charge in [0.2, 0.25) is 27.7 Å². The lowest BCUT2D eigenvalue weighted by Gasteiger charge is -2.33. The molecule has 1 aromatic heterocycles. The minimum atomic E-state index is -3.96. The van der Waals surface area contributed by atoms with Crippen molar-refractivity contribution in [2.45, 2.75) is 155 Å². The van der Waals surface area contributed by atoms with E-state index in [1.807, 2.05) is 45.1 Å². The van der Waals surface area contributed by atoms with E-state index in [0.29, 0.717) is 54.6 Å². The molecule has 14 heteroatoms. The maximum absolute atomic E-state index is 15.1. The molecule has 2 saturated carbocycles. The van der Waals surface area contributed by atoms with Crippen molar-refractivity contribution in [2.75, 3.05) is 6.54 Å². The van der Waals surface area contributed by atoms with E-state index in [2.05, 4.69) is 11.6 Å². The fraction of sp³-hybridized carbons (Fsp3) is 0.682. The maximum atomic E-state index is 15.1. The van der Waals surface area contributed by atoms with Gasteiger partial charge in [-0.25, -0.2) is 18.4 Å². The molecule has 2 amide bonds. The molecule has 7 atom stereocenters. The number of amides is 2. The van der Waals surface area contributed by atoms with E-state index in [1.54, 1.807) is 40.7 Å². The Balaban J connectivity index is 1.36.